The molecular weight excluding hydrogens is 394 g/mol. The predicted molar refractivity (Wildman–Crippen MR) is 111 cm³/mol. The summed E-state index contributed by atoms with van der Waals surface area (Å²) in [5.41, 5.74) is 1.43. The summed E-state index contributed by atoms with van der Waals surface area (Å²) in [5.74, 6) is 1.19. The summed E-state index contributed by atoms with van der Waals surface area (Å²) < 4.78 is 33.9. The molecule has 0 radical (unpaired) electrons. The Morgan fingerprint density at radius 3 is 2.43 bits per heavy atom. The fraction of sp³-hybridized carbons (Fsp3) is 0.333. The molecule has 0 aliphatic rings. The molecule has 0 saturated carbocycles. The van der Waals surface area contributed by atoms with Crippen molar-refractivity contribution in [1.29, 1.82) is 0 Å². The van der Waals surface area contributed by atoms with Gasteiger partial charge in [-0.1, -0.05) is 18.2 Å². The molecule has 0 aliphatic carbocycles. The van der Waals surface area contributed by atoms with Gasteiger partial charge in [0.2, 0.25) is 0 Å². The van der Waals surface area contributed by atoms with E-state index in [0.29, 0.717) is 36.9 Å². The number of carbonyl (C=O) groups excluding carboxylic acids is 1. The number of hydrogen-bond donors (Lipinski definition) is 2. The Labute approximate surface area is 174 Å². The van der Waals surface area contributed by atoms with Crippen molar-refractivity contribution in [2.24, 2.45) is 4.99 Å². The number of nitrogens with zero attached hydrogens (tertiary/aromatic N) is 2. The van der Waals surface area contributed by atoms with E-state index in [-0.39, 0.29) is 11.7 Å². The average Bonchev–Trinajstić information content (AvgIpc) is 2.74. The molecule has 0 unspecified atom stereocenters. The third-order valence-electron chi connectivity index (χ3n) is 4.17. The van der Waals surface area contributed by atoms with Gasteiger partial charge < -0.3 is 25.0 Å². The molecule has 0 heterocycles. The number of carbonyl (C=O) groups is 1. The summed E-state index contributed by atoms with van der Waals surface area (Å²) >= 11 is 0. The van der Waals surface area contributed by atoms with Gasteiger partial charge in [-0.25, -0.2) is 0 Å². The zero-order valence-corrected chi connectivity index (χ0v) is 17.2. The van der Waals surface area contributed by atoms with Crippen LogP contribution in [-0.2, 0) is 6.54 Å². The first kappa shape index (κ1) is 22.9. The summed E-state index contributed by atoms with van der Waals surface area (Å²) in [5, 5.41) is 6.00. The molecule has 0 spiro atoms. The Hall–Kier alpha value is -3.36. The van der Waals surface area contributed by atoms with Crippen molar-refractivity contribution < 1.29 is 23.0 Å². The van der Waals surface area contributed by atoms with E-state index in [1.807, 2.05) is 11.9 Å². The first-order valence-electron chi connectivity index (χ1n) is 9.30. The Morgan fingerprint density at radius 2 is 1.80 bits per heavy atom. The lowest BCUT2D eigenvalue weighted by atomic mass is 10.2. The van der Waals surface area contributed by atoms with E-state index in [4.69, 9.17) is 4.74 Å². The monoisotopic (exact) mass is 420 g/mol. The summed E-state index contributed by atoms with van der Waals surface area (Å²) in [6.45, 7) is -1.44. The molecule has 9 heteroatoms. The predicted octanol–water partition coefficient (Wildman–Crippen LogP) is 2.73. The van der Waals surface area contributed by atoms with Crippen molar-refractivity contribution >= 4 is 11.9 Å². The fourth-order valence-corrected chi connectivity index (χ4v) is 2.73. The number of halogens is 2. The van der Waals surface area contributed by atoms with Crippen molar-refractivity contribution in [3.63, 3.8) is 0 Å². The van der Waals surface area contributed by atoms with Crippen molar-refractivity contribution in [2.75, 3.05) is 34.3 Å². The van der Waals surface area contributed by atoms with Crippen molar-refractivity contribution in [2.45, 2.75) is 13.2 Å². The van der Waals surface area contributed by atoms with E-state index >= 15 is 0 Å². The highest BCUT2D eigenvalue weighted by molar-refractivity contribution is 5.94. The van der Waals surface area contributed by atoms with Crippen LogP contribution >= 0.6 is 0 Å². The number of methoxy groups -OCH3 is 1. The Kier molecular flexibility index (Phi) is 8.86. The Bertz CT molecular complexity index is 844. The molecule has 7 nitrogen and oxygen atoms in total. The van der Waals surface area contributed by atoms with Crippen LogP contribution in [0.15, 0.2) is 53.5 Å². The standard InChI is InChI=1S/C21H26F2N4O3/c1-24-21(27(2)14-15-7-9-17(10-8-15)30-20(22)23)26-12-11-25-19(28)16-5-4-6-18(13-16)29-3/h4-10,13,20H,11-12,14H2,1-3H3,(H,24,26)(H,25,28). The second kappa shape index (κ2) is 11.6. The second-order valence-corrected chi connectivity index (χ2v) is 6.34. The van der Waals surface area contributed by atoms with Crippen LogP contribution in [-0.4, -0.2) is 57.7 Å². The normalized spacial score (nSPS) is 11.2. The fourth-order valence-electron chi connectivity index (χ4n) is 2.73. The van der Waals surface area contributed by atoms with E-state index in [1.165, 1.54) is 12.1 Å². The molecule has 0 bridgehead atoms. The van der Waals surface area contributed by atoms with Gasteiger partial charge in [0.05, 0.1) is 7.11 Å². The number of aliphatic imine (C=N–C) groups is 1. The van der Waals surface area contributed by atoms with Crippen LogP contribution in [0.25, 0.3) is 0 Å². The van der Waals surface area contributed by atoms with E-state index in [2.05, 4.69) is 20.4 Å². The van der Waals surface area contributed by atoms with Crippen molar-refractivity contribution in [1.82, 2.24) is 15.5 Å². The van der Waals surface area contributed by atoms with Gasteiger partial charge in [-0.05, 0) is 35.9 Å². The summed E-state index contributed by atoms with van der Waals surface area (Å²) in [4.78, 5) is 18.3. The smallest absolute Gasteiger partial charge is 0.387 e. The summed E-state index contributed by atoms with van der Waals surface area (Å²) in [6, 6.07) is 13.4. The van der Waals surface area contributed by atoms with Gasteiger partial charge in [0.15, 0.2) is 5.96 Å². The molecule has 2 aromatic carbocycles. The third kappa shape index (κ3) is 7.23. The summed E-state index contributed by atoms with van der Waals surface area (Å²) in [7, 11) is 5.07. The van der Waals surface area contributed by atoms with Crippen LogP contribution in [0.3, 0.4) is 0 Å². The molecule has 0 aromatic heterocycles. The second-order valence-electron chi connectivity index (χ2n) is 6.34. The average molecular weight is 420 g/mol. The first-order valence-corrected chi connectivity index (χ1v) is 9.30. The molecule has 1 amide bonds. The van der Waals surface area contributed by atoms with Crippen LogP contribution in [0, 0.1) is 0 Å². The van der Waals surface area contributed by atoms with Gasteiger partial charge in [-0.2, -0.15) is 8.78 Å². The largest absolute Gasteiger partial charge is 0.497 e. The molecule has 2 aromatic rings. The SMILES string of the molecule is CN=C(NCCNC(=O)c1cccc(OC)c1)N(C)Cc1ccc(OC(F)F)cc1. The van der Waals surface area contributed by atoms with Crippen LogP contribution in [0.1, 0.15) is 15.9 Å². The molecule has 0 aliphatic heterocycles. The van der Waals surface area contributed by atoms with Gasteiger partial charge in [0.1, 0.15) is 11.5 Å². The minimum atomic E-state index is -2.84. The lowest BCUT2D eigenvalue weighted by molar-refractivity contribution is -0.0498. The molecule has 2 rings (SSSR count). The lowest BCUT2D eigenvalue weighted by Gasteiger charge is -2.22. The zero-order valence-electron chi connectivity index (χ0n) is 17.2. The highest BCUT2D eigenvalue weighted by Gasteiger charge is 2.09. The topological polar surface area (TPSA) is 75.2 Å². The molecule has 30 heavy (non-hydrogen) atoms. The number of alkyl halides is 2. The number of hydrogen-bond acceptors (Lipinski definition) is 4. The maximum atomic E-state index is 12.2. The van der Waals surface area contributed by atoms with Crippen LogP contribution in [0.4, 0.5) is 8.78 Å². The number of guanidine groups is 1. The van der Waals surface area contributed by atoms with Crippen LogP contribution in [0.2, 0.25) is 0 Å². The Balaban J connectivity index is 1.78. The van der Waals surface area contributed by atoms with Crippen LogP contribution in [0.5, 0.6) is 11.5 Å². The molecule has 0 saturated heterocycles. The van der Waals surface area contributed by atoms with Gasteiger partial charge in [-0.15, -0.1) is 0 Å². The van der Waals surface area contributed by atoms with E-state index < -0.39 is 6.61 Å². The minimum Gasteiger partial charge on any atom is -0.497 e. The molecule has 2 N–H and O–H groups in total. The first-order chi connectivity index (χ1) is 14.4. The third-order valence-corrected chi connectivity index (χ3v) is 4.17. The molecule has 0 atom stereocenters. The number of rotatable bonds is 9. The number of nitrogens with one attached hydrogen (secondary N) is 2. The maximum absolute atomic E-state index is 12.2. The van der Waals surface area contributed by atoms with E-state index in [9.17, 15) is 13.6 Å². The minimum absolute atomic E-state index is 0.116. The van der Waals surface area contributed by atoms with E-state index in [1.54, 1.807) is 50.6 Å². The van der Waals surface area contributed by atoms with Gasteiger partial charge in [-0.3, -0.25) is 9.79 Å². The van der Waals surface area contributed by atoms with Crippen molar-refractivity contribution in [3.05, 3.63) is 59.7 Å². The van der Waals surface area contributed by atoms with E-state index in [0.717, 1.165) is 5.56 Å². The molecular formula is C21H26F2N4O3. The number of ether oxygens (including phenoxy) is 2. The molecule has 162 valence electrons. The number of amides is 1. The quantitative estimate of drug-likeness (QED) is 0.371. The lowest BCUT2D eigenvalue weighted by Crippen LogP contribution is -2.42. The number of benzene rings is 2. The van der Waals surface area contributed by atoms with Crippen LogP contribution < -0.4 is 20.1 Å². The summed E-state index contributed by atoms with van der Waals surface area (Å²) in [6.07, 6.45) is 0. The Morgan fingerprint density at radius 1 is 1.10 bits per heavy atom. The van der Waals surface area contributed by atoms with Gasteiger partial charge in [0.25, 0.3) is 5.91 Å². The van der Waals surface area contributed by atoms with Gasteiger partial charge >= 0.3 is 6.61 Å². The maximum Gasteiger partial charge on any atom is 0.387 e. The highest BCUT2D eigenvalue weighted by Crippen LogP contribution is 2.16. The molecule has 0 fully saturated rings. The van der Waals surface area contributed by atoms with Crippen molar-refractivity contribution in [3.8, 4) is 11.5 Å². The highest BCUT2D eigenvalue weighted by atomic mass is 19.3. The van der Waals surface area contributed by atoms with Gasteiger partial charge in [0, 0.05) is 39.3 Å². The zero-order chi connectivity index (χ0) is 21.9.